The molecule has 0 aromatic carbocycles. The molecule has 2 fully saturated rings. The van der Waals surface area contributed by atoms with Gasteiger partial charge >= 0.3 is 0 Å². The zero-order valence-electron chi connectivity index (χ0n) is 11.0. The van der Waals surface area contributed by atoms with E-state index in [1.54, 1.807) is 0 Å². The summed E-state index contributed by atoms with van der Waals surface area (Å²) in [5.74, 6) is 0.701. The maximum atomic E-state index is 5.36. The van der Waals surface area contributed by atoms with Gasteiger partial charge in [-0.2, -0.15) is 0 Å². The number of hydrogen-bond acceptors (Lipinski definition) is 3. The van der Waals surface area contributed by atoms with Crippen LogP contribution in [-0.4, -0.2) is 50.8 Å². The largest absolute Gasteiger partial charge is 0.384 e. The zero-order valence-corrected chi connectivity index (χ0v) is 11.0. The van der Waals surface area contributed by atoms with E-state index in [1.165, 1.54) is 39.0 Å². The van der Waals surface area contributed by atoms with E-state index in [2.05, 4.69) is 24.1 Å². The van der Waals surface area contributed by atoms with Crippen molar-refractivity contribution in [3.8, 4) is 0 Å². The molecule has 0 spiro atoms. The molecule has 0 saturated carbocycles. The molecule has 94 valence electrons. The Labute approximate surface area is 99.5 Å². The lowest BCUT2D eigenvalue weighted by Crippen LogP contribution is -2.42. The molecule has 3 nitrogen and oxygen atoms in total. The number of ether oxygens (including phenoxy) is 1. The Balaban J connectivity index is 1.93. The first-order valence-electron chi connectivity index (χ1n) is 6.57. The molecule has 3 heteroatoms. The minimum Gasteiger partial charge on any atom is -0.384 e. The normalized spacial score (nSPS) is 32.1. The first-order chi connectivity index (χ1) is 7.63. The maximum Gasteiger partial charge on any atom is 0.0508 e. The Kier molecular flexibility index (Phi) is 3.88. The molecule has 2 heterocycles. The van der Waals surface area contributed by atoms with E-state index in [0.717, 1.165) is 12.6 Å². The molecule has 0 aliphatic carbocycles. The summed E-state index contributed by atoms with van der Waals surface area (Å²) >= 11 is 0. The van der Waals surface area contributed by atoms with Gasteiger partial charge in [-0.15, -0.1) is 0 Å². The van der Waals surface area contributed by atoms with Crippen LogP contribution in [0.2, 0.25) is 0 Å². The van der Waals surface area contributed by atoms with Gasteiger partial charge in [0, 0.05) is 32.2 Å². The highest BCUT2D eigenvalue weighted by atomic mass is 16.5. The van der Waals surface area contributed by atoms with E-state index in [1.807, 2.05) is 7.11 Å². The number of rotatable bonds is 3. The Morgan fingerprint density at radius 2 is 2.00 bits per heavy atom. The second-order valence-corrected chi connectivity index (χ2v) is 6.05. The fourth-order valence-corrected chi connectivity index (χ4v) is 3.18. The quantitative estimate of drug-likeness (QED) is 0.786. The van der Waals surface area contributed by atoms with Crippen LogP contribution in [0, 0.1) is 11.3 Å². The van der Waals surface area contributed by atoms with E-state index in [0.29, 0.717) is 11.3 Å². The standard InChI is InChI=1S/C13H26N2O/c1-13(2)10-15(8-11(13)9-16-3)12-4-6-14-7-5-12/h11-12,14H,4-10H2,1-3H3/t11-/m0/s1. The van der Waals surface area contributed by atoms with Crippen molar-refractivity contribution in [3.05, 3.63) is 0 Å². The molecule has 0 amide bonds. The van der Waals surface area contributed by atoms with Crippen molar-refractivity contribution in [3.63, 3.8) is 0 Å². The van der Waals surface area contributed by atoms with Crippen molar-refractivity contribution in [1.82, 2.24) is 10.2 Å². The van der Waals surface area contributed by atoms with Gasteiger partial charge in [0.05, 0.1) is 6.61 Å². The molecule has 2 aliphatic rings. The van der Waals surface area contributed by atoms with Crippen molar-refractivity contribution < 1.29 is 4.74 Å². The summed E-state index contributed by atoms with van der Waals surface area (Å²) in [5, 5.41) is 3.44. The molecule has 16 heavy (non-hydrogen) atoms. The fraction of sp³-hybridized carbons (Fsp3) is 1.00. The van der Waals surface area contributed by atoms with Gasteiger partial charge < -0.3 is 10.1 Å². The fourth-order valence-electron chi connectivity index (χ4n) is 3.18. The van der Waals surface area contributed by atoms with Crippen LogP contribution in [-0.2, 0) is 4.74 Å². The molecule has 2 saturated heterocycles. The van der Waals surface area contributed by atoms with Crippen LogP contribution in [0.5, 0.6) is 0 Å². The summed E-state index contributed by atoms with van der Waals surface area (Å²) in [6.07, 6.45) is 2.63. The van der Waals surface area contributed by atoms with Crippen molar-refractivity contribution in [1.29, 1.82) is 0 Å². The number of nitrogens with one attached hydrogen (secondary N) is 1. The van der Waals surface area contributed by atoms with Crippen molar-refractivity contribution in [2.75, 3.05) is 39.9 Å². The first kappa shape index (κ1) is 12.3. The third-order valence-electron chi connectivity index (χ3n) is 4.36. The van der Waals surface area contributed by atoms with E-state index in [4.69, 9.17) is 4.74 Å². The van der Waals surface area contributed by atoms with Crippen LogP contribution in [0.4, 0.5) is 0 Å². The molecule has 0 bridgehead atoms. The van der Waals surface area contributed by atoms with Gasteiger partial charge in [-0.1, -0.05) is 13.8 Å². The molecule has 0 radical (unpaired) electrons. The summed E-state index contributed by atoms with van der Waals surface area (Å²) in [6, 6.07) is 0.808. The van der Waals surface area contributed by atoms with Crippen LogP contribution in [0.15, 0.2) is 0 Å². The molecule has 1 atom stereocenters. The molecule has 2 aliphatic heterocycles. The van der Waals surface area contributed by atoms with Crippen LogP contribution < -0.4 is 5.32 Å². The van der Waals surface area contributed by atoms with Gasteiger partial charge in [-0.25, -0.2) is 0 Å². The summed E-state index contributed by atoms with van der Waals surface area (Å²) in [4.78, 5) is 2.70. The lowest BCUT2D eigenvalue weighted by molar-refractivity contribution is 0.111. The second-order valence-electron chi connectivity index (χ2n) is 6.05. The van der Waals surface area contributed by atoms with Crippen molar-refractivity contribution in [2.45, 2.75) is 32.7 Å². The summed E-state index contributed by atoms with van der Waals surface area (Å²) < 4.78 is 5.36. The van der Waals surface area contributed by atoms with E-state index in [-0.39, 0.29) is 0 Å². The predicted molar refractivity (Wildman–Crippen MR) is 66.6 cm³/mol. The highest BCUT2D eigenvalue weighted by molar-refractivity contribution is 4.94. The topological polar surface area (TPSA) is 24.5 Å². The van der Waals surface area contributed by atoms with Gasteiger partial charge in [0.25, 0.3) is 0 Å². The molecule has 0 aromatic rings. The van der Waals surface area contributed by atoms with E-state index in [9.17, 15) is 0 Å². The third kappa shape index (κ3) is 2.58. The molecule has 2 rings (SSSR count). The molecule has 0 aromatic heterocycles. The third-order valence-corrected chi connectivity index (χ3v) is 4.36. The lowest BCUT2D eigenvalue weighted by Gasteiger charge is -2.32. The summed E-state index contributed by atoms with van der Waals surface area (Å²) in [7, 11) is 1.82. The van der Waals surface area contributed by atoms with Crippen LogP contribution in [0.3, 0.4) is 0 Å². The first-order valence-corrected chi connectivity index (χ1v) is 6.57. The summed E-state index contributed by atoms with van der Waals surface area (Å²) in [6.45, 7) is 10.5. The Bertz CT molecular complexity index is 224. The minimum absolute atomic E-state index is 0.418. The Morgan fingerprint density at radius 1 is 1.31 bits per heavy atom. The van der Waals surface area contributed by atoms with E-state index < -0.39 is 0 Å². The Morgan fingerprint density at radius 3 is 2.62 bits per heavy atom. The van der Waals surface area contributed by atoms with E-state index >= 15 is 0 Å². The van der Waals surface area contributed by atoms with Crippen LogP contribution >= 0.6 is 0 Å². The number of nitrogens with zero attached hydrogens (tertiary/aromatic N) is 1. The van der Waals surface area contributed by atoms with Crippen molar-refractivity contribution >= 4 is 0 Å². The number of piperidine rings is 1. The number of hydrogen-bond donors (Lipinski definition) is 1. The highest BCUT2D eigenvalue weighted by Gasteiger charge is 2.41. The molecule has 1 N–H and O–H groups in total. The number of methoxy groups -OCH3 is 1. The van der Waals surface area contributed by atoms with Gasteiger partial charge in [-0.3, -0.25) is 4.90 Å². The maximum absolute atomic E-state index is 5.36. The number of likely N-dealkylation sites (tertiary alicyclic amines) is 1. The highest BCUT2D eigenvalue weighted by Crippen LogP contribution is 2.37. The monoisotopic (exact) mass is 226 g/mol. The second kappa shape index (κ2) is 5.03. The minimum atomic E-state index is 0.418. The average Bonchev–Trinajstić information content (AvgIpc) is 2.57. The van der Waals surface area contributed by atoms with Gasteiger partial charge in [0.1, 0.15) is 0 Å². The molecular formula is C13H26N2O. The Hall–Kier alpha value is -0.120. The zero-order chi connectivity index (χ0) is 11.6. The van der Waals surface area contributed by atoms with Gasteiger partial charge in [-0.05, 0) is 31.3 Å². The van der Waals surface area contributed by atoms with Crippen molar-refractivity contribution in [2.24, 2.45) is 11.3 Å². The van der Waals surface area contributed by atoms with Crippen LogP contribution in [0.25, 0.3) is 0 Å². The smallest absolute Gasteiger partial charge is 0.0508 e. The van der Waals surface area contributed by atoms with Gasteiger partial charge in [0.2, 0.25) is 0 Å². The summed E-state index contributed by atoms with van der Waals surface area (Å²) in [5.41, 5.74) is 0.418. The predicted octanol–water partition coefficient (Wildman–Crippen LogP) is 1.34. The average molecular weight is 226 g/mol. The molecule has 0 unspecified atom stereocenters. The van der Waals surface area contributed by atoms with Gasteiger partial charge in [0.15, 0.2) is 0 Å². The van der Waals surface area contributed by atoms with Crippen LogP contribution in [0.1, 0.15) is 26.7 Å². The SMILES string of the molecule is COC[C@@H]1CN(C2CCNCC2)CC1(C)C. The lowest BCUT2D eigenvalue weighted by atomic mass is 9.83. The molecular weight excluding hydrogens is 200 g/mol.